The number of halogens is 4. The van der Waals surface area contributed by atoms with Gasteiger partial charge in [0.1, 0.15) is 5.82 Å². The maximum Gasteiger partial charge on any atom is 0.261 e. The van der Waals surface area contributed by atoms with E-state index in [0.29, 0.717) is 15.7 Å². The number of carbonyl (C=O) groups excluding carboxylic acids is 1. The number of nitrogens with one attached hydrogen (secondary N) is 2. The van der Waals surface area contributed by atoms with E-state index < -0.39 is 21.7 Å². The van der Waals surface area contributed by atoms with E-state index in [1.807, 2.05) is 0 Å². The molecule has 0 aliphatic heterocycles. The molecule has 3 aromatic rings. The summed E-state index contributed by atoms with van der Waals surface area (Å²) in [5.41, 5.74) is 0.281. The topological polar surface area (TPSA) is 75.3 Å². The molecule has 0 bridgehead atoms. The Labute approximate surface area is 181 Å². The highest BCUT2D eigenvalue weighted by Crippen LogP contribution is 2.27. The Hall–Kier alpha value is -2.32. The second-order valence-electron chi connectivity index (χ2n) is 5.86. The lowest BCUT2D eigenvalue weighted by Crippen LogP contribution is -2.18. The molecule has 1 amide bonds. The van der Waals surface area contributed by atoms with Crippen molar-refractivity contribution >= 4 is 62.1 Å². The van der Waals surface area contributed by atoms with Crippen molar-refractivity contribution in [3.8, 4) is 0 Å². The summed E-state index contributed by atoms with van der Waals surface area (Å²) >= 11 is 17.8. The van der Waals surface area contributed by atoms with Crippen molar-refractivity contribution in [2.24, 2.45) is 0 Å². The molecular weight excluding hydrogens is 462 g/mol. The molecular formula is C19H12Cl3FN2O3S. The molecule has 5 nitrogen and oxygen atoms in total. The zero-order valence-electron chi connectivity index (χ0n) is 14.4. The van der Waals surface area contributed by atoms with Crippen LogP contribution in [0.25, 0.3) is 0 Å². The van der Waals surface area contributed by atoms with E-state index in [0.717, 1.165) is 24.3 Å². The second kappa shape index (κ2) is 8.59. The first kappa shape index (κ1) is 21.4. The number of amides is 1. The van der Waals surface area contributed by atoms with Gasteiger partial charge in [-0.25, -0.2) is 12.8 Å². The van der Waals surface area contributed by atoms with Crippen LogP contribution in [0.3, 0.4) is 0 Å². The zero-order valence-corrected chi connectivity index (χ0v) is 17.5. The van der Waals surface area contributed by atoms with Crippen LogP contribution < -0.4 is 10.0 Å². The summed E-state index contributed by atoms with van der Waals surface area (Å²) in [5, 5.41) is 3.45. The Bertz CT molecular complexity index is 1170. The van der Waals surface area contributed by atoms with E-state index in [2.05, 4.69) is 10.0 Å². The van der Waals surface area contributed by atoms with Gasteiger partial charge in [0.05, 0.1) is 16.1 Å². The molecule has 0 fully saturated rings. The number of sulfonamides is 1. The SMILES string of the molecule is O=C(Nc1cc(Cl)cc(Cl)c1)c1cc(Cl)ccc1NS(=O)(=O)c1ccc(F)cc1. The Morgan fingerprint density at radius 2 is 1.45 bits per heavy atom. The monoisotopic (exact) mass is 472 g/mol. The van der Waals surface area contributed by atoms with E-state index in [1.54, 1.807) is 0 Å². The molecule has 0 saturated carbocycles. The highest BCUT2D eigenvalue weighted by Gasteiger charge is 2.20. The number of rotatable bonds is 5. The molecule has 150 valence electrons. The fraction of sp³-hybridized carbons (Fsp3) is 0. The van der Waals surface area contributed by atoms with Crippen LogP contribution in [0.2, 0.25) is 15.1 Å². The van der Waals surface area contributed by atoms with Crippen molar-refractivity contribution in [3.05, 3.63) is 87.1 Å². The molecule has 0 atom stereocenters. The zero-order chi connectivity index (χ0) is 21.2. The van der Waals surface area contributed by atoms with Gasteiger partial charge in [-0.3, -0.25) is 9.52 Å². The van der Waals surface area contributed by atoms with Crippen molar-refractivity contribution in [2.75, 3.05) is 10.0 Å². The van der Waals surface area contributed by atoms with Crippen molar-refractivity contribution < 1.29 is 17.6 Å². The Kier molecular flexibility index (Phi) is 6.33. The molecule has 3 rings (SSSR count). The quantitative estimate of drug-likeness (QED) is 0.489. The number of benzene rings is 3. The molecule has 0 aliphatic rings. The molecule has 0 radical (unpaired) electrons. The number of hydrogen-bond donors (Lipinski definition) is 2. The summed E-state index contributed by atoms with van der Waals surface area (Å²) in [7, 11) is -4.07. The third kappa shape index (κ3) is 5.39. The van der Waals surface area contributed by atoms with Gasteiger partial charge in [-0.2, -0.15) is 0 Å². The first-order valence-electron chi connectivity index (χ1n) is 7.99. The van der Waals surface area contributed by atoms with Crippen molar-refractivity contribution in [1.29, 1.82) is 0 Å². The van der Waals surface area contributed by atoms with Crippen LogP contribution in [-0.4, -0.2) is 14.3 Å². The average molecular weight is 474 g/mol. The Morgan fingerprint density at radius 3 is 2.07 bits per heavy atom. The lowest BCUT2D eigenvalue weighted by molar-refractivity contribution is 0.102. The summed E-state index contributed by atoms with van der Waals surface area (Å²) in [6, 6.07) is 12.8. The van der Waals surface area contributed by atoms with Crippen LogP contribution in [0, 0.1) is 5.82 Å². The van der Waals surface area contributed by atoms with Crippen LogP contribution in [0.4, 0.5) is 15.8 Å². The van der Waals surface area contributed by atoms with Gasteiger partial charge in [0.25, 0.3) is 15.9 Å². The van der Waals surface area contributed by atoms with Crippen LogP contribution >= 0.6 is 34.8 Å². The van der Waals surface area contributed by atoms with Gasteiger partial charge in [0.2, 0.25) is 0 Å². The average Bonchev–Trinajstić information content (AvgIpc) is 2.62. The molecule has 0 heterocycles. The fourth-order valence-corrected chi connectivity index (χ4v) is 4.21. The lowest BCUT2D eigenvalue weighted by atomic mass is 10.1. The van der Waals surface area contributed by atoms with Crippen LogP contribution in [0.1, 0.15) is 10.4 Å². The summed E-state index contributed by atoms with van der Waals surface area (Å²) < 4.78 is 40.6. The van der Waals surface area contributed by atoms with Gasteiger partial charge in [-0.15, -0.1) is 0 Å². The van der Waals surface area contributed by atoms with E-state index in [1.165, 1.54) is 36.4 Å². The smallest absolute Gasteiger partial charge is 0.261 e. The molecule has 2 N–H and O–H groups in total. The molecule has 0 saturated heterocycles. The maximum absolute atomic E-state index is 13.1. The predicted molar refractivity (Wildman–Crippen MR) is 113 cm³/mol. The third-order valence-electron chi connectivity index (χ3n) is 3.71. The fourth-order valence-electron chi connectivity index (χ4n) is 2.44. The summed E-state index contributed by atoms with van der Waals surface area (Å²) in [4.78, 5) is 12.6. The highest BCUT2D eigenvalue weighted by molar-refractivity contribution is 7.92. The van der Waals surface area contributed by atoms with Gasteiger partial charge in [-0.1, -0.05) is 34.8 Å². The molecule has 10 heteroatoms. The van der Waals surface area contributed by atoms with Crippen LogP contribution in [-0.2, 0) is 10.0 Å². The van der Waals surface area contributed by atoms with Gasteiger partial charge >= 0.3 is 0 Å². The van der Waals surface area contributed by atoms with E-state index in [-0.39, 0.29) is 21.2 Å². The minimum absolute atomic E-state index is 0.00986. The van der Waals surface area contributed by atoms with Gasteiger partial charge in [-0.05, 0) is 60.7 Å². The predicted octanol–water partition coefficient (Wildman–Crippen LogP) is 5.84. The first-order chi connectivity index (χ1) is 13.6. The van der Waals surface area contributed by atoms with Crippen LogP contribution in [0.5, 0.6) is 0 Å². The molecule has 0 aromatic heterocycles. The molecule has 0 unspecified atom stereocenters. The first-order valence-corrected chi connectivity index (χ1v) is 10.6. The summed E-state index contributed by atoms with van der Waals surface area (Å²) in [5.74, 6) is -1.21. The van der Waals surface area contributed by atoms with Crippen molar-refractivity contribution in [1.82, 2.24) is 0 Å². The van der Waals surface area contributed by atoms with E-state index in [9.17, 15) is 17.6 Å². The van der Waals surface area contributed by atoms with Crippen molar-refractivity contribution in [2.45, 2.75) is 4.90 Å². The van der Waals surface area contributed by atoms with E-state index in [4.69, 9.17) is 34.8 Å². The molecule has 3 aromatic carbocycles. The highest BCUT2D eigenvalue weighted by atomic mass is 35.5. The van der Waals surface area contributed by atoms with E-state index >= 15 is 0 Å². The van der Waals surface area contributed by atoms with Gasteiger partial charge in [0.15, 0.2) is 0 Å². The van der Waals surface area contributed by atoms with Gasteiger partial charge in [0, 0.05) is 20.8 Å². The standard InChI is InChI=1S/C19H12Cl3FN2O3S/c20-11-1-6-18(25-29(27,28)16-4-2-14(23)3-5-16)17(10-11)19(26)24-15-8-12(21)7-13(22)9-15/h1-10,25H,(H,24,26). The number of carbonyl (C=O) groups is 1. The Balaban J connectivity index is 1.93. The summed E-state index contributed by atoms with van der Waals surface area (Å²) in [6.07, 6.45) is 0. The third-order valence-corrected chi connectivity index (χ3v) is 5.77. The molecule has 0 spiro atoms. The van der Waals surface area contributed by atoms with Crippen molar-refractivity contribution in [3.63, 3.8) is 0 Å². The number of anilines is 2. The lowest BCUT2D eigenvalue weighted by Gasteiger charge is -2.14. The van der Waals surface area contributed by atoms with Gasteiger partial charge < -0.3 is 5.32 Å². The minimum Gasteiger partial charge on any atom is -0.322 e. The Morgan fingerprint density at radius 1 is 0.828 bits per heavy atom. The summed E-state index contributed by atoms with van der Waals surface area (Å²) in [6.45, 7) is 0. The largest absolute Gasteiger partial charge is 0.322 e. The maximum atomic E-state index is 13.1. The molecule has 0 aliphatic carbocycles. The normalized spacial score (nSPS) is 11.2. The number of hydrogen-bond acceptors (Lipinski definition) is 3. The molecule has 29 heavy (non-hydrogen) atoms. The second-order valence-corrected chi connectivity index (χ2v) is 8.85. The van der Waals surface area contributed by atoms with Crippen LogP contribution in [0.15, 0.2) is 65.6 Å². The minimum atomic E-state index is -4.07.